The molecule has 0 spiro atoms. The van der Waals surface area contributed by atoms with Gasteiger partial charge in [0.25, 0.3) is 11.8 Å². The topological polar surface area (TPSA) is 119 Å². The maximum Gasteiger partial charge on any atom is 0.261 e. The van der Waals surface area contributed by atoms with E-state index in [0.29, 0.717) is 98.8 Å². The summed E-state index contributed by atoms with van der Waals surface area (Å²) in [4.78, 5) is 52.1. The fourth-order valence-corrected chi connectivity index (χ4v) is 10.3. The number of amides is 2. The highest BCUT2D eigenvalue weighted by Crippen LogP contribution is 2.42. The standard InChI is InChI=1S/C58H66N4O8/c1-6-21-67-23-24-68-22-20-60(19-11-14-48(63)25-38(2)3)46-28-40(36-69-54-34-51-50(26-39(54)4)58(65)62-47(35-59-51)31-44-13-8-10-16-53(44)62)27-41(29-46)37-70-56-32-42-17-18-45-30-43-12-7-9-15-52(43)61(45)57(64)49(42)33-55(56)66-5/h7-10,12-13,15-16,26-29,32-35,38,45,47H,6,11,14,17-25,30-31,36-37H2,1-5H3/t45-,47+/m1/s1. The van der Waals surface area contributed by atoms with Crippen molar-refractivity contribution in [1.29, 1.82) is 0 Å². The van der Waals surface area contributed by atoms with E-state index in [4.69, 9.17) is 28.7 Å². The highest BCUT2D eigenvalue weighted by Gasteiger charge is 2.38. The van der Waals surface area contributed by atoms with Crippen molar-refractivity contribution in [2.75, 3.05) is 61.3 Å². The van der Waals surface area contributed by atoms with Crippen molar-refractivity contribution in [2.24, 2.45) is 10.9 Å². The smallest absolute Gasteiger partial charge is 0.261 e. The van der Waals surface area contributed by atoms with Crippen LogP contribution in [0.15, 0.2) is 96.0 Å². The van der Waals surface area contributed by atoms with Crippen molar-refractivity contribution in [2.45, 2.75) is 104 Å². The Labute approximate surface area is 412 Å². The van der Waals surface area contributed by atoms with E-state index >= 15 is 0 Å². The second-order valence-corrected chi connectivity index (χ2v) is 19.4. The highest BCUT2D eigenvalue weighted by atomic mass is 16.5. The van der Waals surface area contributed by atoms with Crippen molar-refractivity contribution in [3.63, 3.8) is 0 Å². The molecule has 0 radical (unpaired) electrons. The maximum atomic E-state index is 14.2. The average Bonchev–Trinajstić information content (AvgIpc) is 3.85. The molecule has 9 rings (SSSR count). The third-order valence-electron chi connectivity index (χ3n) is 13.7. The highest BCUT2D eigenvalue weighted by molar-refractivity contribution is 6.14. The molecule has 5 aromatic carbocycles. The van der Waals surface area contributed by atoms with E-state index < -0.39 is 0 Å². The van der Waals surface area contributed by atoms with Crippen LogP contribution in [-0.4, -0.2) is 82.5 Å². The summed E-state index contributed by atoms with van der Waals surface area (Å²) in [5.74, 6) is 2.20. The number of fused-ring (bicyclic) bond motifs is 8. The first-order valence-electron chi connectivity index (χ1n) is 25.1. The molecule has 4 aliphatic heterocycles. The van der Waals surface area contributed by atoms with Gasteiger partial charge in [-0.1, -0.05) is 57.2 Å². The Morgan fingerprint density at radius 2 is 1.43 bits per heavy atom. The molecular formula is C58H66N4O8. The van der Waals surface area contributed by atoms with Gasteiger partial charge in [0, 0.05) is 79.9 Å². The van der Waals surface area contributed by atoms with Crippen molar-refractivity contribution >= 4 is 46.6 Å². The predicted molar refractivity (Wildman–Crippen MR) is 275 cm³/mol. The minimum Gasteiger partial charge on any atom is -0.493 e. The zero-order valence-electron chi connectivity index (χ0n) is 41.3. The van der Waals surface area contributed by atoms with Gasteiger partial charge in [0.05, 0.1) is 44.2 Å². The number of ether oxygens (including phenoxy) is 5. The van der Waals surface area contributed by atoms with E-state index in [2.05, 4.69) is 56.0 Å². The summed E-state index contributed by atoms with van der Waals surface area (Å²) >= 11 is 0. The van der Waals surface area contributed by atoms with Gasteiger partial charge in [0.2, 0.25) is 0 Å². The van der Waals surface area contributed by atoms with E-state index in [1.807, 2.05) is 83.6 Å². The zero-order chi connectivity index (χ0) is 48.7. The SMILES string of the molecule is CCCOCCOCCN(CCCC(=O)CC(C)C)c1cc(COc2cc3c(cc2C)C(=O)N2c4ccccc4C[C@H]2C=N3)cc(COc2cc3c(cc2OC)C(=O)N2c4ccccc4C[C@H]2CC3)c1. The van der Waals surface area contributed by atoms with Gasteiger partial charge in [0.1, 0.15) is 24.7 Å². The maximum absolute atomic E-state index is 14.2. The van der Waals surface area contributed by atoms with Crippen LogP contribution in [0.2, 0.25) is 0 Å². The first-order chi connectivity index (χ1) is 34.1. The van der Waals surface area contributed by atoms with Crippen LogP contribution in [0.5, 0.6) is 17.2 Å². The Bertz CT molecular complexity index is 2750. The number of aliphatic imine (C=N–C) groups is 1. The van der Waals surface area contributed by atoms with Crippen LogP contribution >= 0.6 is 0 Å². The monoisotopic (exact) mass is 946 g/mol. The first kappa shape index (κ1) is 48.5. The normalized spacial score (nSPS) is 16.5. The Hall–Kier alpha value is -6.50. The van der Waals surface area contributed by atoms with E-state index in [9.17, 15) is 14.4 Å². The molecule has 12 heteroatoms. The van der Waals surface area contributed by atoms with E-state index in [-0.39, 0.29) is 42.9 Å². The molecule has 12 nitrogen and oxygen atoms in total. The van der Waals surface area contributed by atoms with Crippen molar-refractivity contribution < 1.29 is 38.1 Å². The average molecular weight is 947 g/mol. The molecule has 0 saturated heterocycles. The molecule has 4 aliphatic rings. The van der Waals surface area contributed by atoms with Gasteiger partial charge in [-0.3, -0.25) is 24.3 Å². The van der Waals surface area contributed by atoms with Gasteiger partial charge in [0.15, 0.2) is 11.5 Å². The summed E-state index contributed by atoms with van der Waals surface area (Å²) < 4.78 is 30.9. The second kappa shape index (κ2) is 22.1. The number of nitrogens with zero attached hydrogens (tertiary/aromatic N) is 4. The van der Waals surface area contributed by atoms with E-state index in [1.165, 1.54) is 5.56 Å². The summed E-state index contributed by atoms with van der Waals surface area (Å²) in [6, 6.07) is 30.1. The Morgan fingerprint density at radius 1 is 0.743 bits per heavy atom. The number of para-hydroxylation sites is 2. The van der Waals surface area contributed by atoms with Gasteiger partial charge >= 0.3 is 0 Å². The Morgan fingerprint density at radius 3 is 2.16 bits per heavy atom. The summed E-state index contributed by atoms with van der Waals surface area (Å²) in [6.07, 6.45) is 7.75. The fourth-order valence-electron chi connectivity index (χ4n) is 10.3. The number of Topliss-reactive ketones (excluding diaryl/α,β-unsaturated/α-hetero) is 1. The lowest BCUT2D eigenvalue weighted by Gasteiger charge is -2.26. The quantitative estimate of drug-likeness (QED) is 0.0625. The molecule has 0 aliphatic carbocycles. The van der Waals surface area contributed by atoms with Crippen LogP contribution in [0, 0.1) is 12.8 Å². The van der Waals surface area contributed by atoms with Gasteiger partial charge < -0.3 is 33.5 Å². The third kappa shape index (κ3) is 10.8. The molecule has 0 N–H and O–H groups in total. The minimum absolute atomic E-state index is 0.0117. The van der Waals surface area contributed by atoms with Crippen molar-refractivity contribution in [1.82, 2.24) is 0 Å². The summed E-state index contributed by atoms with van der Waals surface area (Å²) in [6.45, 7) is 12.1. The van der Waals surface area contributed by atoms with Crippen LogP contribution in [-0.2, 0) is 46.7 Å². The number of aryl methyl sites for hydroxylation is 2. The predicted octanol–water partition coefficient (Wildman–Crippen LogP) is 10.6. The number of carbonyl (C=O) groups excluding carboxylic acids is 3. The lowest BCUT2D eigenvalue weighted by atomic mass is 9.99. The molecule has 0 bridgehead atoms. The van der Waals surface area contributed by atoms with Crippen LogP contribution in [0.3, 0.4) is 0 Å². The van der Waals surface area contributed by atoms with Crippen LogP contribution in [0.1, 0.15) is 107 Å². The largest absolute Gasteiger partial charge is 0.493 e. The van der Waals surface area contributed by atoms with E-state index in [0.717, 1.165) is 77.0 Å². The number of anilines is 3. The summed E-state index contributed by atoms with van der Waals surface area (Å²) in [5.41, 5.74) is 10.6. The molecule has 366 valence electrons. The third-order valence-corrected chi connectivity index (χ3v) is 13.7. The molecule has 0 aromatic heterocycles. The number of methoxy groups -OCH3 is 1. The molecule has 0 unspecified atom stereocenters. The molecule has 70 heavy (non-hydrogen) atoms. The molecule has 0 saturated carbocycles. The number of ketones is 1. The molecular weight excluding hydrogens is 881 g/mol. The lowest BCUT2D eigenvalue weighted by molar-refractivity contribution is -0.119. The Balaban J connectivity index is 0.985. The van der Waals surface area contributed by atoms with E-state index in [1.54, 1.807) is 7.11 Å². The number of rotatable bonds is 22. The summed E-state index contributed by atoms with van der Waals surface area (Å²) in [5, 5.41) is 0. The lowest BCUT2D eigenvalue weighted by Crippen LogP contribution is -2.37. The molecule has 5 aromatic rings. The van der Waals surface area contributed by atoms with Gasteiger partial charge in [-0.2, -0.15) is 0 Å². The molecule has 2 amide bonds. The minimum atomic E-state index is -0.148. The zero-order valence-corrected chi connectivity index (χ0v) is 41.3. The number of carbonyl (C=O) groups is 3. The van der Waals surface area contributed by atoms with Crippen molar-refractivity contribution in [3.05, 3.63) is 136 Å². The number of benzene rings is 5. The molecule has 2 atom stereocenters. The fraction of sp³-hybridized carbons (Fsp3) is 0.414. The van der Waals surface area contributed by atoms with Gasteiger partial charge in [-0.25, -0.2) is 0 Å². The number of hydrogen-bond acceptors (Lipinski definition) is 10. The van der Waals surface area contributed by atoms with Crippen LogP contribution < -0.4 is 28.9 Å². The Kier molecular flexibility index (Phi) is 15.3. The van der Waals surface area contributed by atoms with Crippen molar-refractivity contribution in [3.8, 4) is 17.2 Å². The molecule has 0 fully saturated rings. The van der Waals surface area contributed by atoms with Crippen LogP contribution in [0.4, 0.5) is 22.7 Å². The first-order valence-corrected chi connectivity index (χ1v) is 25.1. The van der Waals surface area contributed by atoms with Crippen LogP contribution in [0.25, 0.3) is 0 Å². The summed E-state index contributed by atoms with van der Waals surface area (Å²) in [7, 11) is 1.61. The number of hydrogen-bond donors (Lipinski definition) is 0. The van der Waals surface area contributed by atoms with Gasteiger partial charge in [-0.05, 0) is 127 Å². The second-order valence-electron chi connectivity index (χ2n) is 19.4. The van der Waals surface area contributed by atoms with Gasteiger partial charge in [-0.15, -0.1) is 0 Å². The molecule has 4 heterocycles.